The Hall–Kier alpha value is -1.00. The van der Waals surface area contributed by atoms with Crippen LogP contribution in [-0.2, 0) is 33.3 Å². The molecule has 0 aromatic carbocycles. The van der Waals surface area contributed by atoms with Crippen LogP contribution >= 0.6 is 0 Å². The van der Waals surface area contributed by atoms with E-state index in [1.54, 1.807) is 20.8 Å². The molecule has 242 valence electrons. The molecule has 7 nitrogen and oxygen atoms in total. The number of alkyl halides is 2. The van der Waals surface area contributed by atoms with Crippen LogP contribution in [0.5, 0.6) is 0 Å². The van der Waals surface area contributed by atoms with Gasteiger partial charge in [-0.3, -0.25) is 9.59 Å². The largest absolute Gasteiger partial charge is 0.379 e. The Morgan fingerprint density at radius 1 is 0.675 bits per heavy atom. The van der Waals surface area contributed by atoms with E-state index in [-0.39, 0.29) is 69.5 Å². The van der Waals surface area contributed by atoms with E-state index in [0.717, 1.165) is 32.3 Å². The molecule has 0 spiro atoms. The Morgan fingerprint density at radius 3 is 1.65 bits per heavy atom. The fourth-order valence-corrected chi connectivity index (χ4v) is 2.66. The lowest BCUT2D eigenvalue weighted by Gasteiger charge is -2.21. The van der Waals surface area contributed by atoms with E-state index < -0.39 is 11.5 Å². The average molecular weight is 585 g/mol. The van der Waals surface area contributed by atoms with E-state index in [4.69, 9.17) is 23.7 Å². The molecule has 0 saturated heterocycles. The van der Waals surface area contributed by atoms with Crippen LogP contribution in [-0.4, -0.2) is 81.5 Å². The van der Waals surface area contributed by atoms with Gasteiger partial charge < -0.3 is 23.7 Å². The second-order valence-corrected chi connectivity index (χ2v) is 10.8. The quantitative estimate of drug-likeness (QED) is 0.115. The predicted molar refractivity (Wildman–Crippen MR) is 158 cm³/mol. The molecule has 0 aromatic rings. The van der Waals surface area contributed by atoms with Crippen LogP contribution < -0.4 is 0 Å². The molecule has 0 aliphatic heterocycles. The van der Waals surface area contributed by atoms with Crippen molar-refractivity contribution in [2.75, 3.05) is 46.2 Å². The lowest BCUT2D eigenvalue weighted by Crippen LogP contribution is -2.33. The summed E-state index contributed by atoms with van der Waals surface area (Å²) in [6.07, 6.45) is 4.07. The fourth-order valence-electron chi connectivity index (χ4n) is 2.66. The molecule has 0 saturated carbocycles. The normalized spacial score (nSPS) is 11.8. The van der Waals surface area contributed by atoms with Gasteiger partial charge in [-0.05, 0) is 61.3 Å². The first-order chi connectivity index (χ1) is 18.6. The van der Waals surface area contributed by atoms with E-state index in [0.29, 0.717) is 12.7 Å². The topological polar surface area (TPSA) is 80.3 Å². The number of carbonyl (C=O) groups excluding carboxylic acids is 2. The maximum absolute atomic E-state index is 13.4. The number of rotatable bonds is 23. The smallest absolute Gasteiger partial charge is 0.252 e. The maximum atomic E-state index is 13.4. The van der Waals surface area contributed by atoms with Crippen molar-refractivity contribution in [1.29, 1.82) is 0 Å². The van der Waals surface area contributed by atoms with Crippen LogP contribution in [0.15, 0.2) is 0 Å². The Bertz CT molecular complexity index is 594. The van der Waals surface area contributed by atoms with Crippen molar-refractivity contribution in [3.05, 3.63) is 0 Å². The van der Waals surface area contributed by atoms with Crippen LogP contribution in [0.2, 0.25) is 0 Å². The molecule has 0 atom stereocenters. The number of hydrogen-bond acceptors (Lipinski definition) is 7. The van der Waals surface area contributed by atoms with Crippen LogP contribution in [0, 0.1) is 5.92 Å². The van der Waals surface area contributed by atoms with E-state index in [2.05, 4.69) is 13.8 Å². The summed E-state index contributed by atoms with van der Waals surface area (Å²) in [5, 5.41) is 0. The molecule has 0 aromatic heterocycles. The van der Waals surface area contributed by atoms with Gasteiger partial charge in [0, 0.05) is 32.0 Å². The minimum absolute atomic E-state index is 0.0201. The van der Waals surface area contributed by atoms with Crippen molar-refractivity contribution in [3.63, 3.8) is 0 Å². The van der Waals surface area contributed by atoms with Crippen molar-refractivity contribution in [2.24, 2.45) is 5.92 Å². The van der Waals surface area contributed by atoms with Gasteiger partial charge in [0.05, 0.1) is 38.6 Å². The number of ketones is 2. The van der Waals surface area contributed by atoms with Crippen molar-refractivity contribution < 1.29 is 42.1 Å². The summed E-state index contributed by atoms with van der Waals surface area (Å²) in [6, 6.07) is 0. The first-order valence-corrected chi connectivity index (χ1v) is 15.0. The summed E-state index contributed by atoms with van der Waals surface area (Å²) in [5.74, 6) is -2.73. The summed E-state index contributed by atoms with van der Waals surface area (Å²) in [6.45, 7) is 22.6. The van der Waals surface area contributed by atoms with Gasteiger partial charge in [0.25, 0.3) is 5.92 Å². The van der Waals surface area contributed by atoms with Gasteiger partial charge >= 0.3 is 0 Å². The lowest BCUT2D eigenvalue weighted by molar-refractivity contribution is -0.138. The van der Waals surface area contributed by atoms with Crippen LogP contribution in [0.4, 0.5) is 8.78 Å². The number of Topliss-reactive ketones (excluding diaryl/α,β-unsaturated/α-hetero) is 2. The highest BCUT2D eigenvalue weighted by Crippen LogP contribution is 2.23. The van der Waals surface area contributed by atoms with Crippen LogP contribution in [0.25, 0.3) is 0 Å². The fraction of sp³-hybridized carbons (Fsp3) is 0.935. The second-order valence-electron chi connectivity index (χ2n) is 10.8. The minimum Gasteiger partial charge on any atom is -0.379 e. The second kappa shape index (κ2) is 26.9. The molecular weight excluding hydrogens is 522 g/mol. The van der Waals surface area contributed by atoms with E-state index in [1.165, 1.54) is 0 Å². The van der Waals surface area contributed by atoms with Gasteiger partial charge in [0.2, 0.25) is 0 Å². The van der Waals surface area contributed by atoms with Gasteiger partial charge in [-0.15, -0.1) is 0 Å². The molecule has 0 unspecified atom stereocenters. The zero-order chi connectivity index (χ0) is 31.6. The number of halogens is 2. The number of carbonyl (C=O) groups is 2. The molecular formula is C31H62F2O7. The lowest BCUT2D eigenvalue weighted by atomic mass is 10.1. The highest BCUT2D eigenvalue weighted by Gasteiger charge is 2.28. The van der Waals surface area contributed by atoms with E-state index in [9.17, 15) is 18.4 Å². The summed E-state index contributed by atoms with van der Waals surface area (Å²) in [5.41, 5.74) is -0.624. The standard InChI is InChI=1S/C15H28F2O4.C14H28O3.C2H6/c1-12(2)14(18)11-20-10-9-19-7-5-15(16,17)6-8-21-13(3)4;1-12(2)16-10-8-6-7-9-11-17-14(4,5)13(3)15;1-2/h12-13H,5-11H2,1-4H3;12H,6-11H2,1-5H3;1-2H3. The van der Waals surface area contributed by atoms with Crippen molar-refractivity contribution in [2.45, 2.75) is 138 Å². The zero-order valence-electron chi connectivity index (χ0n) is 27.5. The van der Waals surface area contributed by atoms with Crippen molar-refractivity contribution >= 4 is 11.6 Å². The van der Waals surface area contributed by atoms with Crippen LogP contribution in [0.1, 0.15) is 115 Å². The predicted octanol–water partition coefficient (Wildman–Crippen LogP) is 7.47. The van der Waals surface area contributed by atoms with Gasteiger partial charge in [-0.2, -0.15) is 0 Å². The third kappa shape index (κ3) is 31.5. The SMILES string of the molecule is CC.CC(=O)C(C)(C)OCCCCCCOC(C)C.CC(C)OCCC(F)(F)CCOCCOCC(=O)C(C)C. The molecule has 0 fully saturated rings. The van der Waals surface area contributed by atoms with Gasteiger partial charge in [0.1, 0.15) is 12.2 Å². The molecule has 0 aliphatic rings. The van der Waals surface area contributed by atoms with Gasteiger partial charge in [-0.25, -0.2) is 8.78 Å². The van der Waals surface area contributed by atoms with E-state index >= 15 is 0 Å². The van der Waals surface area contributed by atoms with Crippen LogP contribution in [0.3, 0.4) is 0 Å². The average Bonchev–Trinajstić information content (AvgIpc) is 2.85. The molecule has 0 amide bonds. The molecule has 0 N–H and O–H groups in total. The molecule has 0 heterocycles. The molecule has 40 heavy (non-hydrogen) atoms. The van der Waals surface area contributed by atoms with Crippen molar-refractivity contribution in [1.82, 2.24) is 0 Å². The summed E-state index contributed by atoms with van der Waals surface area (Å²) in [7, 11) is 0. The highest BCUT2D eigenvalue weighted by molar-refractivity contribution is 5.83. The Morgan fingerprint density at radius 2 is 1.15 bits per heavy atom. The zero-order valence-corrected chi connectivity index (χ0v) is 27.5. The Labute approximate surface area is 244 Å². The molecule has 0 bridgehead atoms. The third-order valence-corrected chi connectivity index (χ3v) is 5.59. The number of hydrogen-bond donors (Lipinski definition) is 0. The first-order valence-electron chi connectivity index (χ1n) is 15.0. The summed E-state index contributed by atoms with van der Waals surface area (Å²) >= 11 is 0. The Balaban J connectivity index is -0.000000657. The molecule has 0 radical (unpaired) electrons. The molecule has 0 aliphatic carbocycles. The molecule has 9 heteroatoms. The summed E-state index contributed by atoms with van der Waals surface area (Å²) < 4.78 is 53.1. The maximum Gasteiger partial charge on any atom is 0.252 e. The Kier molecular flexibility index (Phi) is 29.2. The minimum atomic E-state index is -2.77. The van der Waals surface area contributed by atoms with Gasteiger partial charge in [-0.1, -0.05) is 40.5 Å². The number of unbranched alkanes of at least 4 members (excludes halogenated alkanes) is 3. The first kappa shape index (κ1) is 43.5. The monoisotopic (exact) mass is 584 g/mol. The van der Waals surface area contributed by atoms with Crippen molar-refractivity contribution in [3.8, 4) is 0 Å². The summed E-state index contributed by atoms with van der Waals surface area (Å²) in [4.78, 5) is 22.4. The number of ether oxygens (including phenoxy) is 5. The van der Waals surface area contributed by atoms with Gasteiger partial charge in [0.15, 0.2) is 11.6 Å². The highest BCUT2D eigenvalue weighted by atomic mass is 19.3. The third-order valence-electron chi connectivity index (χ3n) is 5.59. The molecule has 0 rings (SSSR count). The van der Waals surface area contributed by atoms with E-state index in [1.807, 2.05) is 41.5 Å².